The van der Waals surface area contributed by atoms with Crippen LogP contribution in [0.1, 0.15) is 35.2 Å². The van der Waals surface area contributed by atoms with Gasteiger partial charge in [-0.1, -0.05) is 0 Å². The van der Waals surface area contributed by atoms with Crippen LogP contribution in [0.4, 0.5) is 5.82 Å². The van der Waals surface area contributed by atoms with Crippen LogP contribution in [0.25, 0.3) is 10.2 Å². The van der Waals surface area contributed by atoms with Gasteiger partial charge in [-0.05, 0) is 38.8 Å². The Balaban J connectivity index is 1.49. The Labute approximate surface area is 162 Å². The second-order valence-electron chi connectivity index (χ2n) is 6.90. The first kappa shape index (κ1) is 17.9. The minimum atomic E-state index is 0.184. The van der Waals surface area contributed by atoms with E-state index in [0.717, 1.165) is 46.9 Å². The van der Waals surface area contributed by atoms with E-state index in [-0.39, 0.29) is 5.91 Å². The Morgan fingerprint density at radius 2 is 2.19 bits per heavy atom. The zero-order chi connectivity index (χ0) is 19.0. The van der Waals surface area contributed by atoms with Crippen LogP contribution >= 0.6 is 11.3 Å². The molecule has 0 aliphatic carbocycles. The fourth-order valence-electron chi connectivity index (χ4n) is 3.70. The molecule has 0 atom stereocenters. The fraction of sp³-hybridized carbons (Fsp3) is 0.474. The van der Waals surface area contributed by atoms with Gasteiger partial charge in [0.05, 0.1) is 17.6 Å². The van der Waals surface area contributed by atoms with Crippen molar-refractivity contribution in [2.75, 3.05) is 18.4 Å². The van der Waals surface area contributed by atoms with Gasteiger partial charge in [0.1, 0.15) is 17.0 Å². The number of thiophene rings is 1. The number of aromatic nitrogens is 4. The molecule has 3 aromatic rings. The number of nitrogens with one attached hydrogen (secondary N) is 1. The molecule has 0 saturated carbocycles. The van der Waals surface area contributed by atoms with Crippen LogP contribution in [0.2, 0.25) is 0 Å². The maximum atomic E-state index is 12.7. The van der Waals surface area contributed by atoms with Gasteiger partial charge in [-0.15, -0.1) is 11.3 Å². The predicted octanol–water partition coefficient (Wildman–Crippen LogP) is 2.91. The molecule has 3 aromatic heterocycles. The van der Waals surface area contributed by atoms with Crippen molar-refractivity contribution in [1.82, 2.24) is 24.6 Å². The predicted molar refractivity (Wildman–Crippen MR) is 107 cm³/mol. The Bertz CT molecular complexity index is 992. The van der Waals surface area contributed by atoms with Crippen molar-refractivity contribution in [3.05, 3.63) is 34.2 Å². The van der Waals surface area contributed by atoms with E-state index in [1.807, 2.05) is 29.5 Å². The molecular formula is C19H24N6OS. The highest BCUT2D eigenvalue weighted by Gasteiger charge is 2.26. The molecule has 0 saturated heterocycles. The van der Waals surface area contributed by atoms with E-state index in [4.69, 9.17) is 0 Å². The van der Waals surface area contributed by atoms with Crippen molar-refractivity contribution in [3.8, 4) is 0 Å². The molecule has 7 nitrogen and oxygen atoms in total. The zero-order valence-corrected chi connectivity index (χ0v) is 16.8. The molecule has 0 fully saturated rings. The van der Waals surface area contributed by atoms with Gasteiger partial charge in [0.15, 0.2) is 0 Å². The lowest BCUT2D eigenvalue weighted by atomic mass is 10.0. The first-order valence-corrected chi connectivity index (χ1v) is 10.2. The summed E-state index contributed by atoms with van der Waals surface area (Å²) in [6, 6.07) is 2.04. The lowest BCUT2D eigenvalue weighted by Gasteiger charge is -2.27. The number of carbonyl (C=O) groups excluding carboxylic acids is 1. The van der Waals surface area contributed by atoms with Crippen LogP contribution in [0.5, 0.6) is 0 Å². The molecule has 1 amide bonds. The van der Waals surface area contributed by atoms with E-state index >= 15 is 0 Å². The maximum Gasteiger partial charge on any atom is 0.224 e. The SMILES string of the molecule is CCNc1ncnc2sc3c(c12)CCN(C(=O)CCn1nc(C)cc1C)C3. The first-order valence-electron chi connectivity index (χ1n) is 9.34. The molecule has 0 spiro atoms. The summed E-state index contributed by atoms with van der Waals surface area (Å²) < 4.78 is 1.92. The van der Waals surface area contributed by atoms with Crippen molar-refractivity contribution in [1.29, 1.82) is 0 Å². The highest BCUT2D eigenvalue weighted by atomic mass is 32.1. The van der Waals surface area contributed by atoms with Crippen LogP contribution in [0.15, 0.2) is 12.4 Å². The van der Waals surface area contributed by atoms with Crippen LogP contribution < -0.4 is 5.32 Å². The normalized spacial score (nSPS) is 13.8. The summed E-state index contributed by atoms with van der Waals surface area (Å²) in [4.78, 5) is 25.8. The largest absolute Gasteiger partial charge is 0.370 e. The van der Waals surface area contributed by atoms with Crippen molar-refractivity contribution < 1.29 is 4.79 Å². The van der Waals surface area contributed by atoms with Gasteiger partial charge in [-0.3, -0.25) is 9.48 Å². The van der Waals surface area contributed by atoms with Crippen molar-refractivity contribution >= 4 is 33.3 Å². The summed E-state index contributed by atoms with van der Waals surface area (Å²) in [5.41, 5.74) is 3.39. The number of hydrogen-bond acceptors (Lipinski definition) is 6. The fourth-order valence-corrected chi connectivity index (χ4v) is 4.91. The quantitative estimate of drug-likeness (QED) is 0.732. The Hall–Kier alpha value is -2.48. The molecule has 1 aliphatic heterocycles. The molecule has 0 bridgehead atoms. The molecule has 4 rings (SSSR count). The summed E-state index contributed by atoms with van der Waals surface area (Å²) in [6.45, 7) is 8.93. The number of amides is 1. The van der Waals surface area contributed by atoms with Crippen LogP contribution in [-0.4, -0.2) is 43.6 Å². The number of aryl methyl sites for hydroxylation is 3. The van der Waals surface area contributed by atoms with Gasteiger partial charge in [-0.2, -0.15) is 5.10 Å². The summed E-state index contributed by atoms with van der Waals surface area (Å²) in [6.07, 6.45) is 2.94. The molecule has 1 aliphatic rings. The van der Waals surface area contributed by atoms with Crippen molar-refractivity contribution in [2.45, 2.75) is 46.7 Å². The molecule has 0 aromatic carbocycles. The summed E-state index contributed by atoms with van der Waals surface area (Å²) in [5, 5.41) is 8.91. The molecule has 8 heteroatoms. The zero-order valence-electron chi connectivity index (χ0n) is 15.9. The minimum absolute atomic E-state index is 0.184. The summed E-state index contributed by atoms with van der Waals surface area (Å²) in [7, 11) is 0. The second-order valence-corrected chi connectivity index (χ2v) is 7.99. The smallest absolute Gasteiger partial charge is 0.224 e. The standard InChI is InChI=1S/C19H24N6OS/c1-4-20-18-17-14-5-7-24(10-15(14)27-19(17)22-11-21-18)16(26)6-8-25-13(3)9-12(2)23-25/h9,11H,4-8,10H2,1-3H3,(H,20,21,22). The van der Waals surface area contributed by atoms with Gasteiger partial charge in [0, 0.05) is 36.6 Å². The van der Waals surface area contributed by atoms with Crippen LogP contribution in [0.3, 0.4) is 0 Å². The second kappa shape index (κ2) is 7.26. The van der Waals surface area contributed by atoms with E-state index in [1.54, 1.807) is 17.7 Å². The van der Waals surface area contributed by atoms with E-state index in [9.17, 15) is 4.79 Å². The van der Waals surface area contributed by atoms with Gasteiger partial charge in [0.25, 0.3) is 0 Å². The monoisotopic (exact) mass is 384 g/mol. The number of nitrogens with zero attached hydrogens (tertiary/aromatic N) is 5. The Kier molecular flexibility index (Phi) is 4.82. The van der Waals surface area contributed by atoms with E-state index in [0.29, 0.717) is 19.5 Å². The first-order chi connectivity index (χ1) is 13.1. The average Bonchev–Trinajstić information content (AvgIpc) is 3.18. The lowest BCUT2D eigenvalue weighted by Crippen LogP contribution is -2.35. The molecule has 0 unspecified atom stereocenters. The molecular weight excluding hydrogens is 360 g/mol. The van der Waals surface area contributed by atoms with Crippen molar-refractivity contribution in [3.63, 3.8) is 0 Å². The molecule has 142 valence electrons. The third-order valence-corrected chi connectivity index (χ3v) is 6.10. The van der Waals surface area contributed by atoms with E-state index in [2.05, 4.69) is 27.3 Å². The highest BCUT2D eigenvalue weighted by Crippen LogP contribution is 2.37. The summed E-state index contributed by atoms with van der Waals surface area (Å²) in [5.74, 6) is 1.09. The summed E-state index contributed by atoms with van der Waals surface area (Å²) >= 11 is 1.68. The number of hydrogen-bond donors (Lipinski definition) is 1. The van der Waals surface area contributed by atoms with Gasteiger partial charge >= 0.3 is 0 Å². The van der Waals surface area contributed by atoms with E-state index < -0.39 is 0 Å². The molecule has 4 heterocycles. The van der Waals surface area contributed by atoms with E-state index in [1.165, 1.54) is 10.4 Å². The lowest BCUT2D eigenvalue weighted by molar-refractivity contribution is -0.132. The Morgan fingerprint density at radius 1 is 1.33 bits per heavy atom. The highest BCUT2D eigenvalue weighted by molar-refractivity contribution is 7.19. The van der Waals surface area contributed by atoms with Gasteiger partial charge in [-0.25, -0.2) is 9.97 Å². The molecule has 27 heavy (non-hydrogen) atoms. The number of anilines is 1. The number of carbonyl (C=O) groups is 1. The van der Waals surface area contributed by atoms with Gasteiger partial charge < -0.3 is 10.2 Å². The van der Waals surface area contributed by atoms with Crippen LogP contribution in [0, 0.1) is 13.8 Å². The number of fused-ring (bicyclic) bond motifs is 3. The minimum Gasteiger partial charge on any atom is -0.370 e. The number of rotatable bonds is 5. The third-order valence-electron chi connectivity index (χ3n) is 4.97. The molecule has 1 N–H and O–H groups in total. The molecule has 0 radical (unpaired) electrons. The topological polar surface area (TPSA) is 75.9 Å². The average molecular weight is 385 g/mol. The third kappa shape index (κ3) is 3.41. The van der Waals surface area contributed by atoms with Crippen molar-refractivity contribution in [2.24, 2.45) is 0 Å². The van der Waals surface area contributed by atoms with Gasteiger partial charge in [0.2, 0.25) is 5.91 Å². The van der Waals surface area contributed by atoms with Crippen LogP contribution in [-0.2, 0) is 24.3 Å². The Morgan fingerprint density at radius 3 is 2.93 bits per heavy atom. The maximum absolute atomic E-state index is 12.7.